The Labute approximate surface area is 87.5 Å². The van der Waals surface area contributed by atoms with Crippen molar-refractivity contribution in [1.82, 2.24) is 0 Å². The number of carbonyl (C=O) groups excluding carboxylic acids is 1. The van der Waals surface area contributed by atoms with E-state index in [2.05, 4.69) is 6.92 Å². The second kappa shape index (κ2) is 4.30. The minimum absolute atomic E-state index is 0.132. The normalized spacial score (nSPS) is 25.4. The van der Waals surface area contributed by atoms with Gasteiger partial charge in [-0.25, -0.2) is 4.79 Å². The topological polar surface area (TPSA) is 26.3 Å². The molecule has 0 aromatic rings. The first kappa shape index (κ1) is 11.5. The van der Waals surface area contributed by atoms with Crippen LogP contribution in [0.1, 0.15) is 26.2 Å². The molecule has 1 unspecified atom stereocenters. The highest BCUT2D eigenvalue weighted by Crippen LogP contribution is 2.30. The summed E-state index contributed by atoms with van der Waals surface area (Å²) >= 11 is 0. The maximum atomic E-state index is 11.5. The third-order valence-electron chi connectivity index (χ3n) is 2.45. The lowest BCUT2D eigenvalue weighted by Crippen LogP contribution is -2.28. The molecule has 0 N–H and O–H groups in total. The van der Waals surface area contributed by atoms with Gasteiger partial charge in [-0.05, 0) is 44.8 Å². The van der Waals surface area contributed by atoms with Crippen LogP contribution in [-0.2, 0) is 9.22 Å². The maximum absolute atomic E-state index is 11.5. The third kappa shape index (κ3) is 3.66. The van der Waals surface area contributed by atoms with E-state index >= 15 is 0 Å². The second-order valence-corrected chi connectivity index (χ2v) is 9.47. The zero-order chi connectivity index (χ0) is 10.8. The Morgan fingerprint density at radius 1 is 1.50 bits per heavy atom. The van der Waals surface area contributed by atoms with Crippen molar-refractivity contribution in [2.75, 3.05) is 0 Å². The summed E-state index contributed by atoms with van der Waals surface area (Å²) in [6, 6.07) is 0. The largest absolute Gasteiger partial charge is 0.517 e. The van der Waals surface area contributed by atoms with Crippen LogP contribution in [0.15, 0.2) is 11.6 Å². The summed E-state index contributed by atoms with van der Waals surface area (Å²) in [5.41, 5.74) is 1.27. The van der Waals surface area contributed by atoms with Gasteiger partial charge >= 0.3 is 5.97 Å². The van der Waals surface area contributed by atoms with E-state index in [0.29, 0.717) is 5.92 Å². The lowest BCUT2D eigenvalue weighted by molar-refractivity contribution is -0.129. The molecule has 1 rings (SSSR count). The molecule has 1 aliphatic carbocycles. The molecule has 0 radical (unpaired) electrons. The fourth-order valence-electron chi connectivity index (χ4n) is 1.74. The van der Waals surface area contributed by atoms with E-state index in [1.165, 1.54) is 18.4 Å². The van der Waals surface area contributed by atoms with Gasteiger partial charge in [0.15, 0.2) is 0 Å². The van der Waals surface area contributed by atoms with E-state index < -0.39 is 8.32 Å². The summed E-state index contributed by atoms with van der Waals surface area (Å²) in [6.07, 6.45) is 5.22. The van der Waals surface area contributed by atoms with Crippen LogP contribution in [0.25, 0.3) is 0 Å². The monoisotopic (exact) mass is 212 g/mol. The summed E-state index contributed by atoms with van der Waals surface area (Å²) in [7, 11) is -1.71. The minimum atomic E-state index is -1.71. The van der Waals surface area contributed by atoms with Crippen LogP contribution in [0.5, 0.6) is 0 Å². The van der Waals surface area contributed by atoms with E-state index in [1.807, 2.05) is 19.6 Å². The Balaban J connectivity index is 2.55. The van der Waals surface area contributed by atoms with Gasteiger partial charge in [-0.1, -0.05) is 12.5 Å². The second-order valence-electron chi connectivity index (χ2n) is 5.05. The average Bonchev–Trinajstić information content (AvgIpc) is 2.32. The average molecular weight is 212 g/mol. The van der Waals surface area contributed by atoms with Gasteiger partial charge in [0, 0.05) is 6.08 Å². The van der Waals surface area contributed by atoms with Gasteiger partial charge in [0.2, 0.25) is 8.32 Å². The standard InChI is InChI=1S/C11H20O2Si/c1-9-6-5-7-10(9)8-11(12)13-14(2,3)4/h8-9H,5-7H2,1-4H3/b10-8+. The fraction of sp³-hybridized carbons (Fsp3) is 0.727. The quantitative estimate of drug-likeness (QED) is 0.519. The Morgan fingerprint density at radius 3 is 2.57 bits per heavy atom. The zero-order valence-corrected chi connectivity index (χ0v) is 10.6. The van der Waals surface area contributed by atoms with Crippen LogP contribution in [0.4, 0.5) is 0 Å². The molecule has 0 saturated heterocycles. The van der Waals surface area contributed by atoms with Gasteiger partial charge in [-0.3, -0.25) is 0 Å². The molecule has 0 spiro atoms. The van der Waals surface area contributed by atoms with Crippen LogP contribution in [-0.4, -0.2) is 14.3 Å². The number of hydrogen-bond acceptors (Lipinski definition) is 2. The van der Waals surface area contributed by atoms with Crippen molar-refractivity contribution in [2.45, 2.75) is 45.8 Å². The van der Waals surface area contributed by atoms with Crippen molar-refractivity contribution in [3.05, 3.63) is 11.6 Å². The number of rotatable bonds is 2. The van der Waals surface area contributed by atoms with Crippen molar-refractivity contribution >= 4 is 14.3 Å². The van der Waals surface area contributed by atoms with Crippen LogP contribution in [0.2, 0.25) is 19.6 Å². The van der Waals surface area contributed by atoms with Crippen LogP contribution in [0, 0.1) is 5.92 Å². The molecule has 14 heavy (non-hydrogen) atoms. The smallest absolute Gasteiger partial charge is 0.317 e. The molecular formula is C11H20O2Si. The molecule has 0 aliphatic heterocycles. The molecule has 1 saturated carbocycles. The van der Waals surface area contributed by atoms with Crippen molar-refractivity contribution in [3.63, 3.8) is 0 Å². The zero-order valence-electron chi connectivity index (χ0n) is 9.59. The Bertz CT molecular complexity index is 251. The van der Waals surface area contributed by atoms with Crippen molar-refractivity contribution < 1.29 is 9.22 Å². The van der Waals surface area contributed by atoms with Crippen LogP contribution >= 0.6 is 0 Å². The lowest BCUT2D eigenvalue weighted by atomic mass is 10.1. The predicted octanol–water partition coefficient (Wildman–Crippen LogP) is 3.11. The van der Waals surface area contributed by atoms with Crippen molar-refractivity contribution in [2.24, 2.45) is 5.92 Å². The highest BCUT2D eigenvalue weighted by molar-refractivity contribution is 6.71. The highest BCUT2D eigenvalue weighted by Gasteiger charge is 2.21. The highest BCUT2D eigenvalue weighted by atomic mass is 28.4. The molecule has 0 amide bonds. The lowest BCUT2D eigenvalue weighted by Gasteiger charge is -2.16. The number of carbonyl (C=O) groups is 1. The maximum Gasteiger partial charge on any atom is 0.317 e. The molecule has 3 heteroatoms. The summed E-state index contributed by atoms with van der Waals surface area (Å²) in [5.74, 6) is 0.442. The Morgan fingerprint density at radius 2 is 2.14 bits per heavy atom. The van der Waals surface area contributed by atoms with Gasteiger partial charge in [0.05, 0.1) is 0 Å². The Hall–Kier alpha value is -0.573. The van der Waals surface area contributed by atoms with E-state index in [9.17, 15) is 4.79 Å². The third-order valence-corrected chi connectivity index (χ3v) is 3.26. The molecule has 80 valence electrons. The molecule has 2 nitrogen and oxygen atoms in total. The van der Waals surface area contributed by atoms with Crippen molar-refractivity contribution in [1.29, 1.82) is 0 Å². The molecule has 1 aliphatic rings. The van der Waals surface area contributed by atoms with Crippen LogP contribution in [0.3, 0.4) is 0 Å². The first-order valence-electron chi connectivity index (χ1n) is 5.32. The van der Waals surface area contributed by atoms with E-state index in [4.69, 9.17) is 4.43 Å². The van der Waals surface area contributed by atoms with E-state index in [1.54, 1.807) is 6.08 Å². The van der Waals surface area contributed by atoms with Crippen molar-refractivity contribution in [3.8, 4) is 0 Å². The molecule has 1 fully saturated rings. The molecular weight excluding hydrogens is 192 g/mol. The number of hydrogen-bond donors (Lipinski definition) is 0. The summed E-state index contributed by atoms with van der Waals surface area (Å²) in [5, 5.41) is 0. The molecule has 1 atom stereocenters. The van der Waals surface area contributed by atoms with E-state index in [0.717, 1.165) is 6.42 Å². The molecule has 0 aromatic carbocycles. The molecule has 0 aromatic heterocycles. The summed E-state index contributed by atoms with van der Waals surface area (Å²) in [4.78, 5) is 11.5. The Kier molecular flexibility index (Phi) is 3.53. The van der Waals surface area contributed by atoms with Gasteiger partial charge in [-0.15, -0.1) is 0 Å². The minimum Gasteiger partial charge on any atom is -0.517 e. The van der Waals surface area contributed by atoms with Gasteiger partial charge in [0.1, 0.15) is 0 Å². The molecule has 0 heterocycles. The van der Waals surface area contributed by atoms with Gasteiger partial charge < -0.3 is 4.43 Å². The summed E-state index contributed by atoms with van der Waals surface area (Å²) < 4.78 is 5.37. The fourth-order valence-corrected chi connectivity index (χ4v) is 2.40. The van der Waals surface area contributed by atoms with Crippen LogP contribution < -0.4 is 0 Å². The predicted molar refractivity (Wildman–Crippen MR) is 60.5 cm³/mol. The SMILES string of the molecule is CC1CCC/C1=C\C(=O)O[Si](C)(C)C. The molecule has 0 bridgehead atoms. The van der Waals surface area contributed by atoms with Gasteiger partial charge in [0.25, 0.3) is 0 Å². The van der Waals surface area contributed by atoms with E-state index in [-0.39, 0.29) is 5.97 Å². The van der Waals surface area contributed by atoms with Gasteiger partial charge in [-0.2, -0.15) is 0 Å². The number of allylic oxidation sites excluding steroid dienone is 1. The first-order valence-corrected chi connectivity index (χ1v) is 8.73. The first-order chi connectivity index (χ1) is 6.38. The summed E-state index contributed by atoms with van der Waals surface area (Å²) in [6.45, 7) is 8.27.